The number of aromatic nitrogens is 1. The van der Waals surface area contributed by atoms with Crippen molar-refractivity contribution in [1.29, 1.82) is 0 Å². The number of amides is 1. The van der Waals surface area contributed by atoms with Gasteiger partial charge in [0, 0.05) is 32.9 Å². The van der Waals surface area contributed by atoms with E-state index in [1.54, 1.807) is 11.9 Å². The first-order valence-corrected chi connectivity index (χ1v) is 5.80. The topological polar surface area (TPSA) is 57.5 Å². The summed E-state index contributed by atoms with van der Waals surface area (Å²) >= 11 is 0. The van der Waals surface area contributed by atoms with Gasteiger partial charge in [0.05, 0.1) is 12.1 Å². The van der Waals surface area contributed by atoms with Gasteiger partial charge in [0.15, 0.2) is 0 Å². The molecule has 1 aliphatic heterocycles. The molecule has 0 saturated carbocycles. The Labute approximate surface area is 101 Å². The van der Waals surface area contributed by atoms with Crippen molar-refractivity contribution in [3.63, 3.8) is 0 Å². The molecule has 17 heavy (non-hydrogen) atoms. The van der Waals surface area contributed by atoms with Crippen molar-refractivity contribution < 1.29 is 9.90 Å². The minimum atomic E-state index is -0.481. The molecular formula is C12H19N3O2. The molecule has 2 N–H and O–H groups in total. The average Bonchev–Trinajstić information content (AvgIpc) is 2.86. The molecule has 0 radical (unpaired) electrons. The first-order chi connectivity index (χ1) is 8.02. The Kier molecular flexibility index (Phi) is 3.22. The summed E-state index contributed by atoms with van der Waals surface area (Å²) in [5, 5.41) is 12.8. The number of rotatable bonds is 2. The van der Waals surface area contributed by atoms with Crippen LogP contribution in [0, 0.1) is 6.92 Å². The summed E-state index contributed by atoms with van der Waals surface area (Å²) in [5.74, 6) is -0.0478. The lowest BCUT2D eigenvalue weighted by atomic mass is 10.2. The fourth-order valence-electron chi connectivity index (χ4n) is 2.21. The van der Waals surface area contributed by atoms with Gasteiger partial charge in [-0.1, -0.05) is 0 Å². The van der Waals surface area contributed by atoms with Crippen LogP contribution in [0.3, 0.4) is 0 Å². The van der Waals surface area contributed by atoms with Crippen molar-refractivity contribution in [3.05, 3.63) is 23.5 Å². The predicted octanol–water partition coefficient (Wildman–Crippen LogP) is -0.262. The highest BCUT2D eigenvalue weighted by Gasteiger charge is 2.32. The Morgan fingerprint density at radius 3 is 2.71 bits per heavy atom. The lowest BCUT2D eigenvalue weighted by Crippen LogP contribution is -2.44. The number of aryl methyl sites for hydroxylation is 1. The molecule has 0 aliphatic carbocycles. The maximum atomic E-state index is 12.3. The number of aliphatic hydroxyl groups excluding tert-OH is 1. The van der Waals surface area contributed by atoms with Gasteiger partial charge in [-0.3, -0.25) is 4.79 Å². The Morgan fingerprint density at radius 1 is 1.53 bits per heavy atom. The summed E-state index contributed by atoms with van der Waals surface area (Å²) in [6.45, 7) is 3.16. The third-order valence-corrected chi connectivity index (χ3v) is 3.56. The zero-order valence-electron chi connectivity index (χ0n) is 10.5. The number of nitrogens with zero attached hydrogens (tertiary/aromatic N) is 2. The molecule has 1 fully saturated rings. The van der Waals surface area contributed by atoms with Gasteiger partial charge in [0.2, 0.25) is 0 Å². The van der Waals surface area contributed by atoms with E-state index >= 15 is 0 Å². The van der Waals surface area contributed by atoms with E-state index in [1.807, 2.05) is 30.7 Å². The maximum Gasteiger partial charge on any atom is 0.270 e. The molecule has 0 spiro atoms. The van der Waals surface area contributed by atoms with Gasteiger partial charge in [-0.05, 0) is 19.1 Å². The largest absolute Gasteiger partial charge is 0.390 e. The predicted molar refractivity (Wildman–Crippen MR) is 64.9 cm³/mol. The number of carbonyl (C=O) groups is 1. The second kappa shape index (κ2) is 4.50. The second-order valence-electron chi connectivity index (χ2n) is 4.63. The molecule has 5 nitrogen and oxygen atoms in total. The lowest BCUT2D eigenvalue weighted by molar-refractivity contribution is 0.0572. The van der Waals surface area contributed by atoms with Crippen molar-refractivity contribution in [2.45, 2.75) is 19.1 Å². The average molecular weight is 237 g/mol. The minimum Gasteiger partial charge on any atom is -0.390 e. The van der Waals surface area contributed by atoms with Crippen LogP contribution in [0.4, 0.5) is 0 Å². The Morgan fingerprint density at radius 2 is 2.24 bits per heavy atom. The molecule has 5 heteroatoms. The van der Waals surface area contributed by atoms with Gasteiger partial charge in [-0.25, -0.2) is 0 Å². The number of nitrogens with one attached hydrogen (secondary N) is 1. The third-order valence-electron chi connectivity index (χ3n) is 3.56. The van der Waals surface area contributed by atoms with Crippen molar-refractivity contribution in [3.8, 4) is 0 Å². The Hall–Kier alpha value is -1.33. The van der Waals surface area contributed by atoms with Gasteiger partial charge in [0.1, 0.15) is 5.69 Å². The molecule has 1 aromatic rings. The molecule has 1 aliphatic rings. The van der Waals surface area contributed by atoms with E-state index in [-0.39, 0.29) is 11.9 Å². The number of likely N-dealkylation sites (N-methyl/N-ethyl adjacent to an activating group) is 1. The summed E-state index contributed by atoms with van der Waals surface area (Å²) in [6, 6.07) is 3.60. The van der Waals surface area contributed by atoms with Gasteiger partial charge in [-0.2, -0.15) is 0 Å². The van der Waals surface area contributed by atoms with Gasteiger partial charge < -0.3 is 19.9 Å². The molecule has 1 amide bonds. The van der Waals surface area contributed by atoms with Gasteiger partial charge in [0.25, 0.3) is 5.91 Å². The molecule has 2 heterocycles. The minimum absolute atomic E-state index is 0.0478. The van der Waals surface area contributed by atoms with Crippen LogP contribution >= 0.6 is 0 Å². The van der Waals surface area contributed by atoms with Crippen molar-refractivity contribution in [2.75, 3.05) is 20.1 Å². The zero-order valence-corrected chi connectivity index (χ0v) is 10.5. The summed E-state index contributed by atoms with van der Waals surface area (Å²) in [7, 11) is 3.62. The van der Waals surface area contributed by atoms with E-state index in [0.29, 0.717) is 18.8 Å². The summed E-state index contributed by atoms with van der Waals surface area (Å²) in [4.78, 5) is 13.9. The standard InChI is InChI=1S/C12H19N3O2/c1-8-4-5-9(14(8)2)12(17)15(3)10-6-13-7-11(10)16/h4-5,10-11,13,16H,6-7H2,1-3H3/t10-,11-/m0/s1. The molecule has 2 atom stereocenters. The SMILES string of the molecule is Cc1ccc(C(=O)N(C)[C@H]2CNC[C@@H]2O)n1C. The first kappa shape index (κ1) is 12.1. The van der Waals surface area contributed by atoms with E-state index in [0.717, 1.165) is 5.69 Å². The first-order valence-electron chi connectivity index (χ1n) is 5.80. The highest BCUT2D eigenvalue weighted by atomic mass is 16.3. The van der Waals surface area contributed by atoms with Crippen LogP contribution in [0.15, 0.2) is 12.1 Å². The molecular weight excluding hydrogens is 218 g/mol. The molecule has 0 bridgehead atoms. The number of aliphatic hydroxyl groups is 1. The van der Waals surface area contributed by atoms with E-state index in [2.05, 4.69) is 5.32 Å². The summed E-state index contributed by atoms with van der Waals surface area (Å²) < 4.78 is 1.87. The maximum absolute atomic E-state index is 12.3. The highest BCUT2D eigenvalue weighted by molar-refractivity contribution is 5.93. The van der Waals surface area contributed by atoms with Gasteiger partial charge in [-0.15, -0.1) is 0 Å². The molecule has 94 valence electrons. The van der Waals surface area contributed by atoms with Crippen LogP contribution in [0.25, 0.3) is 0 Å². The van der Waals surface area contributed by atoms with Crippen LogP contribution in [0.5, 0.6) is 0 Å². The molecule has 1 saturated heterocycles. The number of β-amino-alcohol motifs (C(OH)–C–C–N with tert-alkyl or cyclic N) is 1. The summed E-state index contributed by atoms with van der Waals surface area (Å²) in [5.41, 5.74) is 1.70. The van der Waals surface area contributed by atoms with Crippen LogP contribution in [-0.4, -0.2) is 52.8 Å². The van der Waals surface area contributed by atoms with Crippen LogP contribution in [0.2, 0.25) is 0 Å². The highest BCUT2D eigenvalue weighted by Crippen LogP contribution is 2.13. The quantitative estimate of drug-likeness (QED) is 0.745. The fourth-order valence-corrected chi connectivity index (χ4v) is 2.21. The Balaban J connectivity index is 2.17. The number of carbonyl (C=O) groups excluding carboxylic acids is 1. The fraction of sp³-hybridized carbons (Fsp3) is 0.583. The van der Waals surface area contributed by atoms with Gasteiger partial charge >= 0.3 is 0 Å². The molecule has 2 rings (SSSR count). The smallest absolute Gasteiger partial charge is 0.270 e. The van der Waals surface area contributed by atoms with E-state index in [4.69, 9.17) is 0 Å². The summed E-state index contributed by atoms with van der Waals surface area (Å²) in [6.07, 6.45) is -0.481. The zero-order chi connectivity index (χ0) is 12.6. The monoisotopic (exact) mass is 237 g/mol. The van der Waals surface area contributed by atoms with E-state index in [1.165, 1.54) is 0 Å². The van der Waals surface area contributed by atoms with Crippen LogP contribution in [-0.2, 0) is 7.05 Å². The van der Waals surface area contributed by atoms with Crippen molar-refractivity contribution in [2.24, 2.45) is 7.05 Å². The second-order valence-corrected chi connectivity index (χ2v) is 4.63. The lowest BCUT2D eigenvalue weighted by Gasteiger charge is -2.26. The van der Waals surface area contributed by atoms with Crippen molar-refractivity contribution >= 4 is 5.91 Å². The Bertz CT molecular complexity index is 427. The van der Waals surface area contributed by atoms with E-state index < -0.39 is 6.10 Å². The normalized spacial score (nSPS) is 24.0. The third kappa shape index (κ3) is 2.08. The van der Waals surface area contributed by atoms with Crippen molar-refractivity contribution in [1.82, 2.24) is 14.8 Å². The molecule has 0 aromatic carbocycles. The molecule has 0 unspecified atom stereocenters. The van der Waals surface area contributed by atoms with E-state index in [9.17, 15) is 9.90 Å². The van der Waals surface area contributed by atoms with Crippen LogP contribution in [0.1, 0.15) is 16.2 Å². The van der Waals surface area contributed by atoms with Crippen LogP contribution < -0.4 is 5.32 Å². The number of hydrogen-bond acceptors (Lipinski definition) is 3. The molecule has 1 aromatic heterocycles. The number of hydrogen-bond donors (Lipinski definition) is 2.